The molecule has 18 heteroatoms. The van der Waals surface area contributed by atoms with Crippen molar-refractivity contribution in [3.8, 4) is 0 Å². The molecular weight excluding hydrogens is 484 g/mol. The van der Waals surface area contributed by atoms with Crippen LogP contribution in [0.3, 0.4) is 0 Å². The van der Waals surface area contributed by atoms with Crippen molar-refractivity contribution < 1.29 is 77.0 Å². The highest BCUT2D eigenvalue weighted by atomic mass is 31.3. The Morgan fingerprint density at radius 3 is 2.03 bits per heavy atom. The summed E-state index contributed by atoms with van der Waals surface area (Å²) >= 11 is 0. The zero-order valence-corrected chi connectivity index (χ0v) is 18.8. The van der Waals surface area contributed by atoms with Crippen LogP contribution in [0, 0.1) is 0 Å². The number of hydrogen-bond acceptors (Lipinski definition) is 13. The number of phosphoric ester groups is 2. The van der Waals surface area contributed by atoms with E-state index in [1.54, 1.807) is 0 Å². The van der Waals surface area contributed by atoms with Crippen LogP contribution in [0.5, 0.6) is 0 Å². The Morgan fingerprint density at radius 2 is 1.56 bits per heavy atom. The molecule has 0 spiro atoms. The summed E-state index contributed by atoms with van der Waals surface area (Å²) in [7, 11) is -9.97. The second kappa shape index (κ2) is 10.1. The highest BCUT2D eigenvalue weighted by molar-refractivity contribution is 7.61. The molecule has 0 aromatic heterocycles. The van der Waals surface area contributed by atoms with E-state index in [0.29, 0.717) is 4.58 Å². The van der Waals surface area contributed by atoms with Crippen molar-refractivity contribution in [2.45, 2.75) is 61.7 Å². The van der Waals surface area contributed by atoms with Gasteiger partial charge in [0.15, 0.2) is 0 Å². The molecule has 0 saturated carbocycles. The molecule has 0 radical (unpaired) electrons. The van der Waals surface area contributed by atoms with Crippen molar-refractivity contribution in [3.05, 3.63) is 0 Å². The van der Waals surface area contributed by atoms with Crippen LogP contribution < -0.4 is 0 Å². The number of aliphatic hydroxyl groups is 6. The lowest BCUT2D eigenvalue weighted by Crippen LogP contribution is -2.69. The average Bonchev–Trinajstić information content (AvgIpc) is 2.92. The monoisotopic (exact) mass is 512 g/mol. The zero-order valence-electron chi connectivity index (χ0n) is 17.0. The van der Waals surface area contributed by atoms with Crippen molar-refractivity contribution in [1.82, 2.24) is 0 Å². The van der Waals surface area contributed by atoms with Gasteiger partial charge in [-0.2, -0.15) is 13.4 Å². The molecule has 2 aliphatic rings. The molecule has 11 unspecified atom stereocenters. The molecule has 0 aliphatic carbocycles. The van der Waals surface area contributed by atoms with Gasteiger partial charge in [0.05, 0.1) is 19.3 Å². The van der Waals surface area contributed by atoms with Gasteiger partial charge in [0, 0.05) is 0 Å². The van der Waals surface area contributed by atoms with Crippen molar-refractivity contribution >= 4 is 22.4 Å². The largest absolute Gasteiger partial charge is 0.488 e. The lowest BCUT2D eigenvalue weighted by Gasteiger charge is -2.43. The van der Waals surface area contributed by atoms with Crippen molar-refractivity contribution in [1.29, 1.82) is 0 Å². The fourth-order valence-corrected chi connectivity index (χ4v) is 5.48. The van der Waals surface area contributed by atoms with E-state index in [1.165, 1.54) is 6.92 Å². The van der Waals surface area contributed by atoms with Crippen LogP contribution >= 0.6 is 15.6 Å². The first-order chi connectivity index (χ1) is 14.6. The molecule has 11 atom stereocenters. The van der Waals surface area contributed by atoms with E-state index in [1.807, 2.05) is 0 Å². The quantitative estimate of drug-likeness (QED) is 0.0639. The van der Waals surface area contributed by atoms with E-state index in [9.17, 15) is 49.6 Å². The van der Waals surface area contributed by atoms with Crippen LogP contribution in [0.4, 0.5) is 0 Å². The van der Waals surface area contributed by atoms with Gasteiger partial charge in [-0.3, -0.25) is 9.26 Å². The van der Waals surface area contributed by atoms with Gasteiger partial charge >= 0.3 is 21.6 Å². The van der Waals surface area contributed by atoms with Crippen molar-refractivity contribution in [2.24, 2.45) is 0 Å². The minimum Gasteiger partial charge on any atom is -0.394 e. The van der Waals surface area contributed by atoms with Gasteiger partial charge in [-0.05, 0) is 6.92 Å². The fraction of sp³-hybridized carbons (Fsp3) is 0.929. The van der Waals surface area contributed by atoms with E-state index in [0.717, 1.165) is 7.05 Å². The first kappa shape index (κ1) is 27.9. The Balaban J connectivity index is 2.14. The van der Waals surface area contributed by atoms with Gasteiger partial charge in [0.25, 0.3) is 0 Å². The average molecular weight is 512 g/mol. The standard InChI is InChI=1S/C14H27NO15P2/c1-6-9(17)11(19)8(27-6)5-26-31(22,23)30-32(24,25)29-14(15(2)3)13(21)12(20)10(18)7(4-16)28-14/h6-13,16-21H,2,4-5H2,1,3H3,(H-,22,23,24,25)/p+1. The number of phosphoric acid groups is 2. The topological polar surface area (TPSA) is 245 Å². The second-order valence-corrected chi connectivity index (χ2v) is 10.3. The van der Waals surface area contributed by atoms with Gasteiger partial charge in [-0.1, -0.05) is 0 Å². The Labute approximate surface area is 182 Å². The second-order valence-electron chi connectivity index (χ2n) is 7.36. The number of ether oxygens (including phenoxy) is 2. The zero-order chi connectivity index (χ0) is 24.6. The smallest absolute Gasteiger partial charge is 0.394 e. The summed E-state index contributed by atoms with van der Waals surface area (Å²) in [6.45, 7) is 3.01. The van der Waals surface area contributed by atoms with Crippen LogP contribution in [0.2, 0.25) is 0 Å². The first-order valence-corrected chi connectivity index (χ1v) is 12.2. The summed E-state index contributed by atoms with van der Waals surface area (Å²) in [5.74, 6) is -2.82. The van der Waals surface area contributed by atoms with Crippen LogP contribution in [0.1, 0.15) is 6.92 Å². The third-order valence-corrected chi connectivity index (χ3v) is 7.53. The number of aliphatic hydroxyl groups excluding tert-OH is 6. The molecular formula is C14H28NO15P2+. The molecule has 2 saturated heterocycles. The van der Waals surface area contributed by atoms with E-state index in [2.05, 4.69) is 15.6 Å². The summed E-state index contributed by atoms with van der Waals surface area (Å²) in [4.78, 5) is 19.8. The third kappa shape index (κ3) is 5.81. The summed E-state index contributed by atoms with van der Waals surface area (Å²) in [6.07, 6.45) is -12.6. The molecule has 16 nitrogen and oxygen atoms in total. The molecule has 2 fully saturated rings. The molecule has 0 amide bonds. The van der Waals surface area contributed by atoms with E-state index in [4.69, 9.17) is 14.0 Å². The van der Waals surface area contributed by atoms with Crippen LogP contribution in [-0.2, 0) is 32.0 Å². The summed E-state index contributed by atoms with van der Waals surface area (Å²) in [5.41, 5.74) is 0. The summed E-state index contributed by atoms with van der Waals surface area (Å²) < 4.78 is 48.8. The molecule has 0 aromatic rings. The maximum atomic E-state index is 12.4. The number of nitrogens with zero attached hydrogens (tertiary/aromatic N) is 1. The maximum Gasteiger partial charge on any atom is 0.488 e. The van der Waals surface area contributed by atoms with E-state index in [-0.39, 0.29) is 0 Å². The van der Waals surface area contributed by atoms with Gasteiger partial charge in [0.2, 0.25) is 6.10 Å². The number of rotatable bonds is 9. The molecule has 0 bridgehead atoms. The van der Waals surface area contributed by atoms with Crippen LogP contribution in [0.15, 0.2) is 0 Å². The first-order valence-electron chi connectivity index (χ1n) is 9.18. The minimum atomic E-state index is -5.66. The lowest BCUT2D eigenvalue weighted by atomic mass is 9.96. The highest BCUT2D eigenvalue weighted by Crippen LogP contribution is 2.62. The normalized spacial score (nSPS) is 44.1. The predicted molar refractivity (Wildman–Crippen MR) is 100 cm³/mol. The number of likely N-dealkylation sites (N-methyl/N-ethyl adjacent to an activating group) is 1. The highest BCUT2D eigenvalue weighted by Gasteiger charge is 2.65. The Morgan fingerprint density at radius 1 is 1.00 bits per heavy atom. The van der Waals surface area contributed by atoms with Gasteiger partial charge in [0.1, 0.15) is 50.4 Å². The third-order valence-electron chi connectivity index (χ3n) is 4.92. The molecule has 2 rings (SSSR count). The van der Waals surface area contributed by atoms with Gasteiger partial charge in [-0.25, -0.2) is 9.13 Å². The van der Waals surface area contributed by atoms with Crippen molar-refractivity contribution in [2.75, 3.05) is 20.3 Å². The maximum absolute atomic E-state index is 12.4. The number of hydrogen-bond donors (Lipinski definition) is 8. The Bertz CT molecular complexity index is 781. The van der Waals surface area contributed by atoms with Gasteiger partial charge in [-0.15, -0.1) is 0 Å². The van der Waals surface area contributed by atoms with Crippen molar-refractivity contribution in [3.63, 3.8) is 0 Å². The van der Waals surface area contributed by atoms with E-state index >= 15 is 0 Å². The molecule has 2 aliphatic heterocycles. The Kier molecular flexibility index (Phi) is 8.77. The van der Waals surface area contributed by atoms with E-state index < -0.39 is 83.6 Å². The predicted octanol–water partition coefficient (Wildman–Crippen LogP) is -3.78. The van der Waals surface area contributed by atoms with Gasteiger partial charge < -0.3 is 45.2 Å². The molecule has 188 valence electrons. The fourth-order valence-electron chi connectivity index (χ4n) is 3.16. The SMILES string of the molecule is C=[N+](C)C1(OP(=O)(O)OP(=O)(O)OCC2OC(C)C(O)C2O)OC(CO)C(O)C(O)C1O. The Hall–Kier alpha value is -0.390. The molecule has 2 heterocycles. The minimum absolute atomic E-state index is 0.607. The lowest BCUT2D eigenvalue weighted by molar-refractivity contribution is -0.712. The summed E-state index contributed by atoms with van der Waals surface area (Å²) in [5, 5.41) is 58.8. The molecule has 32 heavy (non-hydrogen) atoms. The molecule has 8 N–H and O–H groups in total. The molecule has 0 aromatic carbocycles. The van der Waals surface area contributed by atoms with Crippen LogP contribution in [-0.4, -0.2) is 127 Å². The van der Waals surface area contributed by atoms with Crippen LogP contribution in [0.25, 0.3) is 0 Å². The summed E-state index contributed by atoms with van der Waals surface area (Å²) in [6, 6.07) is 0.